The van der Waals surface area contributed by atoms with Gasteiger partial charge in [0.25, 0.3) is 11.8 Å². The highest BCUT2D eigenvalue weighted by Crippen LogP contribution is 2.21. The second-order valence-corrected chi connectivity index (χ2v) is 11.5. The van der Waals surface area contributed by atoms with E-state index in [-0.39, 0.29) is 25.1 Å². The lowest BCUT2D eigenvalue weighted by Crippen LogP contribution is -2.31. The Balaban J connectivity index is 1.26. The summed E-state index contributed by atoms with van der Waals surface area (Å²) in [5, 5.41) is 6.90. The van der Waals surface area contributed by atoms with Crippen molar-refractivity contribution in [3.05, 3.63) is 131 Å². The molecule has 0 bridgehead atoms. The molecule has 10 heteroatoms. The van der Waals surface area contributed by atoms with Crippen molar-refractivity contribution in [2.45, 2.75) is 19.5 Å². The van der Waals surface area contributed by atoms with Crippen molar-refractivity contribution in [3.63, 3.8) is 0 Å². The molecule has 0 spiro atoms. The molecule has 0 saturated carbocycles. The Morgan fingerprint density at radius 3 is 2.12 bits per heavy atom. The number of sulfonamides is 1. The van der Waals surface area contributed by atoms with Gasteiger partial charge in [0.2, 0.25) is 10.0 Å². The molecule has 4 aromatic rings. The van der Waals surface area contributed by atoms with Crippen LogP contribution in [-0.4, -0.2) is 39.3 Å². The number of nitrogens with zero attached hydrogens (tertiary/aromatic N) is 2. The maximum absolute atomic E-state index is 12.6. The Bertz CT molecular complexity index is 1610. The fourth-order valence-electron chi connectivity index (χ4n) is 4.07. The minimum atomic E-state index is -3.54. The fourth-order valence-corrected chi connectivity index (χ4v) is 4.95. The third-order valence-electron chi connectivity index (χ3n) is 6.29. The predicted molar refractivity (Wildman–Crippen MR) is 164 cm³/mol. The van der Waals surface area contributed by atoms with Crippen molar-refractivity contribution < 1.29 is 22.7 Å². The van der Waals surface area contributed by atoms with Gasteiger partial charge in [-0.1, -0.05) is 60.7 Å². The molecule has 0 unspecified atom stereocenters. The summed E-state index contributed by atoms with van der Waals surface area (Å²) in [6, 6.07) is 32.0. The van der Waals surface area contributed by atoms with Crippen LogP contribution in [0.1, 0.15) is 40.0 Å². The highest BCUT2D eigenvalue weighted by Gasteiger charge is 2.18. The monoisotopic (exact) mass is 584 g/mol. The molecule has 0 aliphatic carbocycles. The summed E-state index contributed by atoms with van der Waals surface area (Å²) in [5.41, 5.74) is 5.81. The SMILES string of the molecule is C[C@@H](NC(=O)COc1ccc(/C=N\NC(=O)c2ccc(N(Cc3ccccc3)S(C)(=O)=O)cc2)cc1)c1ccccc1. The van der Waals surface area contributed by atoms with Gasteiger partial charge in [-0.3, -0.25) is 13.9 Å². The minimum absolute atomic E-state index is 0.117. The average Bonchev–Trinajstić information content (AvgIpc) is 3.00. The van der Waals surface area contributed by atoms with Crippen LogP contribution in [0.15, 0.2) is 114 Å². The van der Waals surface area contributed by atoms with E-state index in [9.17, 15) is 18.0 Å². The summed E-state index contributed by atoms with van der Waals surface area (Å²) >= 11 is 0. The van der Waals surface area contributed by atoms with Crippen molar-refractivity contribution in [1.82, 2.24) is 10.7 Å². The van der Waals surface area contributed by atoms with E-state index < -0.39 is 15.9 Å². The zero-order valence-corrected chi connectivity index (χ0v) is 24.1. The molecule has 0 aliphatic rings. The first kappa shape index (κ1) is 30.0. The molecule has 2 N–H and O–H groups in total. The smallest absolute Gasteiger partial charge is 0.271 e. The maximum atomic E-state index is 12.6. The summed E-state index contributed by atoms with van der Waals surface area (Å²) in [4.78, 5) is 24.8. The van der Waals surface area contributed by atoms with Gasteiger partial charge in [-0.25, -0.2) is 13.8 Å². The largest absolute Gasteiger partial charge is 0.484 e. The number of ether oxygens (including phenoxy) is 1. The first-order valence-electron chi connectivity index (χ1n) is 13.2. The van der Waals surface area contributed by atoms with Gasteiger partial charge in [0.15, 0.2) is 6.61 Å². The molecule has 2 amide bonds. The summed E-state index contributed by atoms with van der Waals surface area (Å²) in [7, 11) is -3.54. The molecule has 9 nitrogen and oxygen atoms in total. The van der Waals surface area contributed by atoms with Crippen LogP contribution in [0.2, 0.25) is 0 Å². The molecular formula is C32H32N4O5S. The standard InChI is InChI=1S/C32H32N4O5S/c1-24(27-11-7-4-8-12-27)34-31(37)23-41-30-19-13-25(14-20-30)21-33-35-32(38)28-15-17-29(18-16-28)36(42(2,39)40)22-26-9-5-3-6-10-26/h3-21,24H,22-23H2,1-2H3,(H,34,37)(H,35,38)/b33-21-/t24-/m1/s1. The number of rotatable bonds is 12. The van der Waals surface area contributed by atoms with Crippen LogP contribution in [0.25, 0.3) is 0 Å². The maximum Gasteiger partial charge on any atom is 0.271 e. The summed E-state index contributed by atoms with van der Waals surface area (Å²) in [6.45, 7) is 1.97. The quantitative estimate of drug-likeness (QED) is 0.185. The van der Waals surface area contributed by atoms with Crippen molar-refractivity contribution in [1.29, 1.82) is 0 Å². The third-order valence-corrected chi connectivity index (χ3v) is 7.43. The number of carbonyl (C=O) groups is 2. The van der Waals surface area contributed by atoms with E-state index in [0.717, 1.165) is 17.4 Å². The second kappa shape index (κ2) is 14.1. The topological polar surface area (TPSA) is 117 Å². The number of nitrogens with one attached hydrogen (secondary N) is 2. The Labute approximate surface area is 245 Å². The third kappa shape index (κ3) is 8.77. The lowest BCUT2D eigenvalue weighted by molar-refractivity contribution is -0.123. The molecule has 0 fully saturated rings. The molecule has 0 radical (unpaired) electrons. The van der Waals surface area contributed by atoms with Crippen molar-refractivity contribution in [2.24, 2.45) is 5.10 Å². The Hall–Kier alpha value is -4.96. The van der Waals surface area contributed by atoms with Crippen LogP contribution in [0.3, 0.4) is 0 Å². The molecule has 0 aliphatic heterocycles. The van der Waals surface area contributed by atoms with Crippen LogP contribution in [0.5, 0.6) is 5.75 Å². The van der Waals surface area contributed by atoms with Gasteiger partial charge in [0, 0.05) is 5.56 Å². The zero-order valence-electron chi connectivity index (χ0n) is 23.3. The molecule has 0 heterocycles. The van der Waals surface area contributed by atoms with E-state index >= 15 is 0 Å². The van der Waals surface area contributed by atoms with Crippen LogP contribution in [0, 0.1) is 0 Å². The molecular weight excluding hydrogens is 552 g/mol. The molecule has 4 aromatic carbocycles. The first-order valence-corrected chi connectivity index (χ1v) is 15.1. The number of hydrogen-bond donors (Lipinski definition) is 2. The van der Waals surface area contributed by atoms with E-state index in [4.69, 9.17) is 4.74 Å². The lowest BCUT2D eigenvalue weighted by atomic mass is 10.1. The van der Waals surface area contributed by atoms with Gasteiger partial charge in [0.05, 0.1) is 30.7 Å². The van der Waals surface area contributed by atoms with Crippen molar-refractivity contribution in [2.75, 3.05) is 17.2 Å². The molecule has 216 valence electrons. The number of benzene rings is 4. The van der Waals surface area contributed by atoms with Gasteiger partial charge >= 0.3 is 0 Å². The Kier molecular flexibility index (Phi) is 10.1. The van der Waals surface area contributed by atoms with Crippen LogP contribution < -0.4 is 19.8 Å². The summed E-state index contributed by atoms with van der Waals surface area (Å²) in [6.07, 6.45) is 2.63. The molecule has 0 aromatic heterocycles. The fraction of sp³-hybridized carbons (Fsp3) is 0.156. The summed E-state index contributed by atoms with van der Waals surface area (Å²) < 4.78 is 31.7. The first-order chi connectivity index (χ1) is 20.2. The normalized spacial score (nSPS) is 12.0. The molecule has 0 saturated heterocycles. The predicted octanol–water partition coefficient (Wildman–Crippen LogP) is 4.67. The van der Waals surface area contributed by atoms with Crippen molar-refractivity contribution >= 4 is 33.7 Å². The van der Waals surface area contributed by atoms with Crippen LogP contribution in [0.4, 0.5) is 5.69 Å². The van der Waals surface area contributed by atoms with E-state index in [1.807, 2.05) is 67.6 Å². The molecule has 1 atom stereocenters. The molecule has 4 rings (SSSR count). The highest BCUT2D eigenvalue weighted by atomic mass is 32.2. The average molecular weight is 585 g/mol. The lowest BCUT2D eigenvalue weighted by Gasteiger charge is -2.22. The number of hydrazone groups is 1. The molecule has 42 heavy (non-hydrogen) atoms. The number of anilines is 1. The Morgan fingerprint density at radius 2 is 1.50 bits per heavy atom. The number of hydrogen-bond acceptors (Lipinski definition) is 6. The number of carbonyl (C=O) groups excluding carboxylic acids is 2. The minimum Gasteiger partial charge on any atom is -0.484 e. The number of amides is 2. The zero-order chi connectivity index (χ0) is 30.0. The van der Waals surface area contributed by atoms with Crippen molar-refractivity contribution in [3.8, 4) is 5.75 Å². The van der Waals surface area contributed by atoms with Gasteiger partial charge in [-0.2, -0.15) is 5.10 Å². The van der Waals surface area contributed by atoms with Crippen LogP contribution >= 0.6 is 0 Å². The van der Waals surface area contributed by atoms with Gasteiger partial charge in [-0.15, -0.1) is 0 Å². The van der Waals surface area contributed by atoms with E-state index in [0.29, 0.717) is 22.6 Å². The highest BCUT2D eigenvalue weighted by molar-refractivity contribution is 7.92. The van der Waals surface area contributed by atoms with Gasteiger partial charge in [-0.05, 0) is 72.1 Å². The van der Waals surface area contributed by atoms with Gasteiger partial charge < -0.3 is 10.1 Å². The Morgan fingerprint density at radius 1 is 0.881 bits per heavy atom. The van der Waals surface area contributed by atoms with E-state index in [1.165, 1.54) is 10.5 Å². The van der Waals surface area contributed by atoms with Crippen LogP contribution in [-0.2, 0) is 21.4 Å². The van der Waals surface area contributed by atoms with E-state index in [1.54, 1.807) is 48.5 Å². The van der Waals surface area contributed by atoms with Gasteiger partial charge in [0.1, 0.15) is 5.75 Å². The second-order valence-electron chi connectivity index (χ2n) is 9.56. The summed E-state index contributed by atoms with van der Waals surface area (Å²) in [5.74, 6) is -0.149. The van der Waals surface area contributed by atoms with E-state index in [2.05, 4.69) is 15.8 Å².